The second kappa shape index (κ2) is 8.16. The van der Waals surface area contributed by atoms with Gasteiger partial charge in [0.25, 0.3) is 0 Å². The number of H-pyrrole nitrogens is 1. The molecule has 0 saturated heterocycles. The molecule has 3 aromatic heterocycles. The van der Waals surface area contributed by atoms with E-state index in [4.69, 9.17) is 5.10 Å². The van der Waals surface area contributed by atoms with Crippen LogP contribution < -0.4 is 5.32 Å². The highest BCUT2D eigenvalue weighted by molar-refractivity contribution is 5.56. The van der Waals surface area contributed by atoms with E-state index in [1.54, 1.807) is 0 Å². The molecule has 1 aliphatic heterocycles. The van der Waals surface area contributed by atoms with Crippen molar-refractivity contribution in [1.82, 2.24) is 40.1 Å². The fourth-order valence-corrected chi connectivity index (χ4v) is 4.61. The average Bonchev–Trinajstić information content (AvgIpc) is 3.56. The third-order valence-corrected chi connectivity index (χ3v) is 6.36. The van der Waals surface area contributed by atoms with E-state index in [1.807, 2.05) is 29.3 Å². The van der Waals surface area contributed by atoms with Crippen LogP contribution in [-0.2, 0) is 32.4 Å². The Morgan fingerprint density at radius 1 is 0.969 bits per heavy atom. The largest absolute Gasteiger partial charge is 0.351 e. The van der Waals surface area contributed by atoms with E-state index >= 15 is 0 Å². The van der Waals surface area contributed by atoms with Crippen molar-refractivity contribution in [1.29, 1.82) is 0 Å². The fourth-order valence-electron chi connectivity index (χ4n) is 4.61. The molecule has 1 aliphatic carbocycles. The summed E-state index contributed by atoms with van der Waals surface area (Å²) in [5.41, 5.74) is 6.80. The zero-order chi connectivity index (χ0) is 21.3. The summed E-state index contributed by atoms with van der Waals surface area (Å²) in [6.45, 7) is 3.60. The third kappa shape index (κ3) is 3.87. The Labute approximate surface area is 185 Å². The van der Waals surface area contributed by atoms with E-state index < -0.39 is 0 Å². The number of aromatic amines is 1. The van der Waals surface area contributed by atoms with Gasteiger partial charge in [0.05, 0.1) is 23.6 Å². The van der Waals surface area contributed by atoms with Crippen LogP contribution >= 0.6 is 0 Å². The molecule has 2 aliphatic rings. The third-order valence-electron chi connectivity index (χ3n) is 6.36. The maximum atomic E-state index is 4.71. The Kier molecular flexibility index (Phi) is 4.87. The fraction of sp³-hybridized carbons (Fsp3) is 0.348. The Morgan fingerprint density at radius 3 is 2.56 bits per heavy atom. The lowest BCUT2D eigenvalue weighted by Crippen LogP contribution is -2.33. The normalized spacial score (nSPS) is 16.1. The Hall–Kier alpha value is -3.59. The highest BCUT2D eigenvalue weighted by Crippen LogP contribution is 2.24. The van der Waals surface area contributed by atoms with Gasteiger partial charge in [-0.2, -0.15) is 20.5 Å². The lowest BCUT2D eigenvalue weighted by atomic mass is 10.1. The summed E-state index contributed by atoms with van der Waals surface area (Å²) in [5, 5.41) is 19.3. The molecule has 0 amide bonds. The van der Waals surface area contributed by atoms with Crippen molar-refractivity contribution in [3.63, 3.8) is 0 Å². The smallest absolute Gasteiger partial charge is 0.222 e. The quantitative estimate of drug-likeness (QED) is 0.486. The number of fused-ring (bicyclic) bond motifs is 2. The number of aromatic nitrogens is 7. The molecular formula is C23H25N9. The van der Waals surface area contributed by atoms with Crippen LogP contribution in [-0.4, -0.2) is 59.2 Å². The number of hydrogen-bond acceptors (Lipinski definition) is 7. The zero-order valence-electron chi connectivity index (χ0n) is 17.8. The molecule has 0 bridgehead atoms. The number of anilines is 1. The van der Waals surface area contributed by atoms with Crippen molar-refractivity contribution in [3.05, 3.63) is 71.4 Å². The number of nitrogens with zero attached hydrogens (tertiary/aromatic N) is 7. The Morgan fingerprint density at radius 2 is 1.75 bits per heavy atom. The first-order valence-corrected chi connectivity index (χ1v) is 11.1. The van der Waals surface area contributed by atoms with Crippen LogP contribution in [0, 0.1) is 0 Å². The minimum atomic E-state index is 0.348. The van der Waals surface area contributed by atoms with Crippen molar-refractivity contribution in [2.75, 3.05) is 18.4 Å². The molecule has 0 spiro atoms. The van der Waals surface area contributed by atoms with E-state index in [-0.39, 0.29) is 0 Å². The molecule has 1 aromatic carbocycles. The van der Waals surface area contributed by atoms with Gasteiger partial charge in [-0.1, -0.05) is 24.3 Å². The molecule has 9 heteroatoms. The summed E-state index contributed by atoms with van der Waals surface area (Å²) in [6, 6.07) is 11.0. The van der Waals surface area contributed by atoms with E-state index in [0.717, 1.165) is 68.1 Å². The van der Waals surface area contributed by atoms with Crippen molar-refractivity contribution in [2.45, 2.75) is 38.4 Å². The molecule has 162 valence electrons. The first kappa shape index (κ1) is 19.1. The van der Waals surface area contributed by atoms with Crippen LogP contribution in [0.5, 0.6) is 0 Å². The summed E-state index contributed by atoms with van der Waals surface area (Å²) in [5.74, 6) is 0.670. The minimum Gasteiger partial charge on any atom is -0.351 e. The standard InChI is InChI=1S/C23H25N9/c1-2-4-17-12-19(11-16(17)3-1)26-23-24-13-18(14-25-23)20-6-8-32(29-20)10-9-31-7-5-21-22(15-31)28-30-27-21/h1-4,6,8,13-14,19H,5,7,9-12,15H2,(H,24,25,26)(H,27,28,30). The van der Waals surface area contributed by atoms with Crippen LogP contribution in [0.15, 0.2) is 48.9 Å². The van der Waals surface area contributed by atoms with Gasteiger partial charge in [0.2, 0.25) is 5.95 Å². The SMILES string of the molecule is c1ccc2c(c1)CC(Nc1ncc(-c3ccn(CCN4CCc5n[nH]nc5C4)n3)cn1)C2. The van der Waals surface area contributed by atoms with Gasteiger partial charge < -0.3 is 5.32 Å². The maximum absolute atomic E-state index is 4.71. The average molecular weight is 428 g/mol. The van der Waals surface area contributed by atoms with Crippen LogP contribution in [0.3, 0.4) is 0 Å². The molecule has 0 atom stereocenters. The predicted octanol–water partition coefficient (Wildman–Crippen LogP) is 2.10. The molecule has 4 aromatic rings. The molecule has 6 rings (SSSR count). The molecule has 9 nitrogen and oxygen atoms in total. The minimum absolute atomic E-state index is 0.348. The first-order chi connectivity index (χ1) is 15.8. The summed E-state index contributed by atoms with van der Waals surface area (Å²) in [6.07, 6.45) is 8.69. The molecule has 0 saturated carbocycles. The van der Waals surface area contributed by atoms with Crippen LogP contribution in [0.25, 0.3) is 11.3 Å². The van der Waals surface area contributed by atoms with E-state index in [1.165, 1.54) is 11.1 Å². The van der Waals surface area contributed by atoms with E-state index in [9.17, 15) is 0 Å². The molecule has 0 unspecified atom stereocenters. The zero-order valence-corrected chi connectivity index (χ0v) is 17.8. The Balaban J connectivity index is 1.04. The summed E-state index contributed by atoms with van der Waals surface area (Å²) >= 11 is 0. The van der Waals surface area contributed by atoms with Crippen molar-refractivity contribution < 1.29 is 0 Å². The Bertz CT molecular complexity index is 1190. The van der Waals surface area contributed by atoms with Crippen molar-refractivity contribution >= 4 is 5.95 Å². The molecule has 0 fully saturated rings. The number of hydrogen-bond donors (Lipinski definition) is 2. The van der Waals surface area contributed by atoms with Crippen molar-refractivity contribution in [3.8, 4) is 11.3 Å². The van der Waals surface area contributed by atoms with E-state index in [2.05, 4.69) is 59.9 Å². The number of benzene rings is 1. The van der Waals surface area contributed by atoms with Gasteiger partial charge in [-0.15, -0.1) is 0 Å². The maximum Gasteiger partial charge on any atom is 0.222 e. The van der Waals surface area contributed by atoms with Crippen LogP contribution in [0.2, 0.25) is 0 Å². The first-order valence-electron chi connectivity index (χ1n) is 11.1. The van der Waals surface area contributed by atoms with Crippen LogP contribution in [0.1, 0.15) is 22.5 Å². The molecule has 32 heavy (non-hydrogen) atoms. The van der Waals surface area contributed by atoms with Gasteiger partial charge >= 0.3 is 0 Å². The number of nitrogens with one attached hydrogen (secondary N) is 2. The lowest BCUT2D eigenvalue weighted by molar-refractivity contribution is 0.236. The predicted molar refractivity (Wildman–Crippen MR) is 120 cm³/mol. The molecular weight excluding hydrogens is 402 g/mol. The van der Waals surface area contributed by atoms with Gasteiger partial charge in [0, 0.05) is 56.3 Å². The van der Waals surface area contributed by atoms with Crippen LogP contribution in [0.4, 0.5) is 5.95 Å². The van der Waals surface area contributed by atoms with Gasteiger partial charge in [-0.3, -0.25) is 9.58 Å². The molecule has 2 N–H and O–H groups in total. The van der Waals surface area contributed by atoms with Gasteiger partial charge in [0.15, 0.2) is 0 Å². The highest BCUT2D eigenvalue weighted by atomic mass is 15.4. The topological polar surface area (TPSA) is 100 Å². The second-order valence-electron chi connectivity index (χ2n) is 8.52. The summed E-state index contributed by atoms with van der Waals surface area (Å²) in [7, 11) is 0. The van der Waals surface area contributed by atoms with Gasteiger partial charge in [-0.05, 0) is 30.0 Å². The monoisotopic (exact) mass is 427 g/mol. The van der Waals surface area contributed by atoms with E-state index in [0.29, 0.717) is 12.0 Å². The number of rotatable bonds is 6. The molecule has 0 radical (unpaired) electrons. The van der Waals surface area contributed by atoms with Gasteiger partial charge in [-0.25, -0.2) is 9.97 Å². The molecule has 4 heterocycles. The van der Waals surface area contributed by atoms with Gasteiger partial charge in [0.1, 0.15) is 0 Å². The highest BCUT2D eigenvalue weighted by Gasteiger charge is 2.21. The second-order valence-corrected chi connectivity index (χ2v) is 8.52. The lowest BCUT2D eigenvalue weighted by Gasteiger charge is -2.24. The summed E-state index contributed by atoms with van der Waals surface area (Å²) < 4.78 is 1.98. The van der Waals surface area contributed by atoms with Crippen molar-refractivity contribution in [2.24, 2.45) is 0 Å². The summed E-state index contributed by atoms with van der Waals surface area (Å²) in [4.78, 5) is 11.4.